The third kappa shape index (κ3) is 5.97. The number of hydrogen-bond donors (Lipinski definition) is 1. The van der Waals surface area contributed by atoms with Crippen LogP contribution in [0.1, 0.15) is 37.4 Å². The SMILES string of the molecule is Cc1cc(-c2ccc(NC(=O)C(CC(C)(C)F)c3cccc(Br)c3)cc2)ccn1. The fourth-order valence-electron chi connectivity index (χ4n) is 3.27. The predicted molar refractivity (Wildman–Crippen MR) is 120 cm³/mol. The number of nitrogens with one attached hydrogen (secondary N) is 1. The van der Waals surface area contributed by atoms with Crippen molar-refractivity contribution in [3.05, 3.63) is 82.6 Å². The van der Waals surface area contributed by atoms with E-state index in [-0.39, 0.29) is 12.3 Å². The number of carbonyl (C=O) groups excluding carboxylic acids is 1. The summed E-state index contributed by atoms with van der Waals surface area (Å²) in [4.78, 5) is 17.2. The summed E-state index contributed by atoms with van der Waals surface area (Å²) in [6, 6.07) is 19.1. The van der Waals surface area contributed by atoms with E-state index in [0.29, 0.717) is 5.69 Å². The number of aromatic nitrogens is 1. The minimum atomic E-state index is -1.46. The van der Waals surface area contributed by atoms with Gasteiger partial charge in [-0.1, -0.05) is 40.2 Å². The van der Waals surface area contributed by atoms with Crippen LogP contribution in [0.4, 0.5) is 10.1 Å². The normalized spacial score (nSPS) is 12.4. The lowest BCUT2D eigenvalue weighted by Crippen LogP contribution is -2.27. The smallest absolute Gasteiger partial charge is 0.232 e. The molecule has 3 aromatic rings. The van der Waals surface area contributed by atoms with Gasteiger partial charge in [0.2, 0.25) is 5.91 Å². The van der Waals surface area contributed by atoms with Crippen molar-refractivity contribution >= 4 is 27.5 Å². The predicted octanol–water partition coefficient (Wildman–Crippen LogP) is 6.68. The van der Waals surface area contributed by atoms with Crippen LogP contribution >= 0.6 is 15.9 Å². The summed E-state index contributed by atoms with van der Waals surface area (Å²) in [7, 11) is 0. The third-order valence-corrected chi connectivity index (χ3v) is 5.13. The number of carbonyl (C=O) groups is 1. The highest BCUT2D eigenvalue weighted by atomic mass is 79.9. The second-order valence-corrected chi connectivity index (χ2v) is 8.70. The van der Waals surface area contributed by atoms with E-state index in [0.717, 1.165) is 26.9 Å². The summed E-state index contributed by atoms with van der Waals surface area (Å²) < 4.78 is 15.3. The molecule has 1 unspecified atom stereocenters. The van der Waals surface area contributed by atoms with E-state index in [9.17, 15) is 9.18 Å². The highest BCUT2D eigenvalue weighted by Gasteiger charge is 2.29. The van der Waals surface area contributed by atoms with E-state index in [4.69, 9.17) is 0 Å². The Bertz CT molecular complexity index is 996. The van der Waals surface area contributed by atoms with Crippen molar-refractivity contribution in [3.8, 4) is 11.1 Å². The molecule has 3 rings (SSSR count). The maximum Gasteiger partial charge on any atom is 0.232 e. The Balaban J connectivity index is 1.80. The van der Waals surface area contributed by atoms with Gasteiger partial charge in [0, 0.05) is 22.1 Å². The number of anilines is 1. The van der Waals surface area contributed by atoms with Crippen molar-refractivity contribution in [1.29, 1.82) is 0 Å². The number of alkyl halides is 1. The highest BCUT2D eigenvalue weighted by molar-refractivity contribution is 9.10. The molecule has 0 aliphatic rings. The standard InChI is InChI=1S/C24H24BrFN2O/c1-16-13-18(11-12-27-16)17-7-9-21(10-8-17)28-23(29)22(15-24(2,3)26)19-5-4-6-20(25)14-19/h4-14,22H,15H2,1-3H3,(H,28,29). The summed E-state index contributed by atoms with van der Waals surface area (Å²) in [5, 5.41) is 2.94. The van der Waals surface area contributed by atoms with Crippen LogP contribution in [0, 0.1) is 6.92 Å². The molecule has 0 saturated carbocycles. The lowest BCUT2D eigenvalue weighted by atomic mass is 9.88. The average Bonchev–Trinajstić information content (AvgIpc) is 2.66. The van der Waals surface area contributed by atoms with Crippen molar-refractivity contribution in [2.24, 2.45) is 0 Å². The number of benzene rings is 2. The molecular weight excluding hydrogens is 431 g/mol. The van der Waals surface area contributed by atoms with Gasteiger partial charge in [0.05, 0.1) is 5.92 Å². The molecule has 0 spiro atoms. The maximum absolute atomic E-state index is 14.4. The number of pyridine rings is 1. The topological polar surface area (TPSA) is 42.0 Å². The van der Waals surface area contributed by atoms with Crippen molar-refractivity contribution in [2.75, 3.05) is 5.32 Å². The number of amides is 1. The van der Waals surface area contributed by atoms with Gasteiger partial charge in [0.1, 0.15) is 5.67 Å². The van der Waals surface area contributed by atoms with E-state index in [1.165, 1.54) is 13.8 Å². The maximum atomic E-state index is 14.4. The van der Waals surface area contributed by atoms with Crippen LogP contribution in [0.15, 0.2) is 71.3 Å². The monoisotopic (exact) mass is 454 g/mol. The Kier molecular flexibility index (Phi) is 6.48. The number of hydrogen-bond acceptors (Lipinski definition) is 2. The Morgan fingerprint density at radius 1 is 1.10 bits per heavy atom. The largest absolute Gasteiger partial charge is 0.326 e. The molecule has 0 aliphatic carbocycles. The molecule has 1 heterocycles. The van der Waals surface area contributed by atoms with E-state index in [2.05, 4.69) is 26.2 Å². The lowest BCUT2D eigenvalue weighted by Gasteiger charge is -2.23. The molecule has 1 aromatic heterocycles. The first-order valence-electron chi connectivity index (χ1n) is 9.50. The van der Waals surface area contributed by atoms with Gasteiger partial charge >= 0.3 is 0 Å². The zero-order valence-electron chi connectivity index (χ0n) is 16.7. The fraction of sp³-hybridized carbons (Fsp3) is 0.250. The summed E-state index contributed by atoms with van der Waals surface area (Å²) in [5.74, 6) is -0.809. The Morgan fingerprint density at radius 2 is 1.83 bits per heavy atom. The van der Waals surface area contributed by atoms with Crippen molar-refractivity contribution in [2.45, 2.75) is 38.8 Å². The molecule has 1 N–H and O–H groups in total. The minimum Gasteiger partial charge on any atom is -0.326 e. The van der Waals surface area contributed by atoms with Crippen molar-refractivity contribution in [3.63, 3.8) is 0 Å². The Hall–Kier alpha value is -2.53. The first kappa shape index (κ1) is 21.2. The number of rotatable bonds is 6. The van der Waals surface area contributed by atoms with Gasteiger partial charge in [-0.25, -0.2) is 4.39 Å². The summed E-state index contributed by atoms with van der Waals surface area (Å²) in [6.45, 7) is 4.94. The highest BCUT2D eigenvalue weighted by Crippen LogP contribution is 2.31. The number of aryl methyl sites for hydroxylation is 1. The van der Waals surface area contributed by atoms with Crippen LogP contribution in [-0.2, 0) is 4.79 Å². The summed E-state index contributed by atoms with van der Waals surface area (Å²) >= 11 is 3.43. The molecule has 0 bridgehead atoms. The van der Waals surface area contributed by atoms with Crippen molar-refractivity contribution < 1.29 is 9.18 Å². The lowest BCUT2D eigenvalue weighted by molar-refractivity contribution is -0.118. The molecule has 150 valence electrons. The molecular formula is C24H24BrFN2O. The summed E-state index contributed by atoms with van der Waals surface area (Å²) in [5.41, 5.74) is 3.06. The zero-order valence-corrected chi connectivity index (χ0v) is 18.3. The van der Waals surface area contributed by atoms with Gasteiger partial charge in [-0.3, -0.25) is 9.78 Å². The first-order chi connectivity index (χ1) is 13.7. The molecule has 3 nitrogen and oxygen atoms in total. The fourth-order valence-corrected chi connectivity index (χ4v) is 3.69. The molecule has 1 atom stereocenters. The van der Waals surface area contributed by atoms with Gasteiger partial charge in [-0.15, -0.1) is 0 Å². The Morgan fingerprint density at radius 3 is 2.45 bits per heavy atom. The van der Waals surface area contributed by atoms with Crippen molar-refractivity contribution in [1.82, 2.24) is 4.98 Å². The molecule has 0 radical (unpaired) electrons. The quantitative estimate of drug-likeness (QED) is 0.451. The second-order valence-electron chi connectivity index (χ2n) is 7.78. The van der Waals surface area contributed by atoms with E-state index in [1.807, 2.05) is 67.6 Å². The number of halogens is 2. The van der Waals surface area contributed by atoms with Crippen LogP contribution in [-0.4, -0.2) is 16.6 Å². The van der Waals surface area contributed by atoms with Crippen LogP contribution in [0.25, 0.3) is 11.1 Å². The van der Waals surface area contributed by atoms with Crippen LogP contribution < -0.4 is 5.32 Å². The number of nitrogens with zero attached hydrogens (tertiary/aromatic N) is 1. The molecule has 5 heteroatoms. The van der Waals surface area contributed by atoms with Gasteiger partial charge in [0.25, 0.3) is 0 Å². The first-order valence-corrected chi connectivity index (χ1v) is 10.3. The van der Waals surface area contributed by atoms with Gasteiger partial charge in [0.15, 0.2) is 0 Å². The Labute approximate surface area is 179 Å². The molecule has 0 saturated heterocycles. The van der Waals surface area contributed by atoms with Gasteiger partial charge < -0.3 is 5.32 Å². The molecule has 1 amide bonds. The van der Waals surface area contributed by atoms with E-state index >= 15 is 0 Å². The third-order valence-electron chi connectivity index (χ3n) is 4.64. The molecule has 0 aliphatic heterocycles. The van der Waals surface area contributed by atoms with Crippen LogP contribution in [0.2, 0.25) is 0 Å². The minimum absolute atomic E-state index is 0.101. The molecule has 0 fully saturated rings. The van der Waals surface area contributed by atoms with Crippen LogP contribution in [0.3, 0.4) is 0 Å². The molecule has 29 heavy (non-hydrogen) atoms. The van der Waals surface area contributed by atoms with Gasteiger partial charge in [-0.2, -0.15) is 0 Å². The van der Waals surface area contributed by atoms with Gasteiger partial charge in [-0.05, 0) is 80.3 Å². The zero-order chi connectivity index (χ0) is 21.0. The summed E-state index contributed by atoms with van der Waals surface area (Å²) in [6.07, 6.45) is 1.88. The second kappa shape index (κ2) is 8.87. The van der Waals surface area contributed by atoms with E-state index < -0.39 is 11.6 Å². The van der Waals surface area contributed by atoms with Crippen LogP contribution in [0.5, 0.6) is 0 Å². The molecule has 2 aromatic carbocycles. The average molecular weight is 455 g/mol. The van der Waals surface area contributed by atoms with E-state index in [1.54, 1.807) is 6.20 Å².